The lowest BCUT2D eigenvalue weighted by molar-refractivity contribution is 0.667. The highest BCUT2D eigenvalue weighted by Crippen LogP contribution is 2.38. The lowest BCUT2D eigenvalue weighted by atomic mass is 10.1. The van der Waals surface area contributed by atoms with Crippen molar-refractivity contribution in [3.8, 4) is 51.4 Å². The van der Waals surface area contributed by atoms with Crippen molar-refractivity contribution in [3.63, 3.8) is 0 Å². The van der Waals surface area contributed by atoms with E-state index in [1.165, 1.54) is 0 Å². The van der Waals surface area contributed by atoms with E-state index < -0.39 is 0 Å². The molecule has 0 saturated heterocycles. The molecule has 6 aromatic carbocycles. The Morgan fingerprint density at radius 1 is 0.400 bits per heavy atom. The van der Waals surface area contributed by atoms with Crippen molar-refractivity contribution in [1.82, 2.24) is 29.5 Å². The lowest BCUT2D eigenvalue weighted by Crippen LogP contribution is -2.06. The summed E-state index contributed by atoms with van der Waals surface area (Å²) >= 11 is 0. The largest absolute Gasteiger partial charge is 0.452 e. The van der Waals surface area contributed by atoms with Gasteiger partial charge in [0.15, 0.2) is 23.1 Å². The topological polar surface area (TPSA) is 82.5 Å². The van der Waals surface area contributed by atoms with E-state index in [2.05, 4.69) is 53.1 Å². The maximum Gasteiger partial charge on any atom is 0.238 e. The van der Waals surface area contributed by atoms with Crippen LogP contribution in [0, 0.1) is 0 Å². The van der Waals surface area contributed by atoms with Crippen LogP contribution in [0.1, 0.15) is 0 Å². The van der Waals surface area contributed by atoms with Crippen LogP contribution in [0.3, 0.4) is 0 Å². The zero-order valence-corrected chi connectivity index (χ0v) is 26.6. The highest BCUT2D eigenvalue weighted by atomic mass is 16.3. The smallest absolute Gasteiger partial charge is 0.238 e. The molecule has 4 heterocycles. The predicted molar refractivity (Wildman–Crippen MR) is 199 cm³/mol. The van der Waals surface area contributed by atoms with Gasteiger partial charge in [-0.15, -0.1) is 0 Å². The number of hydrogen-bond donors (Lipinski definition) is 0. The summed E-state index contributed by atoms with van der Waals surface area (Å²) in [6, 6.07) is 52.9. The second-order valence-electron chi connectivity index (χ2n) is 12.1. The van der Waals surface area contributed by atoms with Gasteiger partial charge in [-0.2, -0.15) is 9.97 Å². The lowest BCUT2D eigenvalue weighted by Gasteiger charge is -2.11. The Balaban J connectivity index is 1.21. The first-order chi connectivity index (χ1) is 24.8. The normalized spacial score (nSPS) is 11.6. The summed E-state index contributed by atoms with van der Waals surface area (Å²) in [5, 5.41) is 3.08. The summed E-state index contributed by atoms with van der Waals surface area (Å²) in [5.74, 6) is 2.39. The van der Waals surface area contributed by atoms with Crippen LogP contribution in [-0.2, 0) is 0 Å². The van der Waals surface area contributed by atoms with Crippen LogP contribution in [0.25, 0.3) is 95.2 Å². The van der Waals surface area contributed by atoms with Crippen molar-refractivity contribution in [2.45, 2.75) is 0 Å². The number of aromatic nitrogens is 6. The molecule has 0 radical (unpaired) electrons. The summed E-state index contributed by atoms with van der Waals surface area (Å²) in [7, 11) is 0. The molecule has 0 unspecified atom stereocenters. The molecule has 10 rings (SSSR count). The third-order valence-corrected chi connectivity index (χ3v) is 9.09. The number of para-hydroxylation sites is 2. The van der Waals surface area contributed by atoms with Crippen LogP contribution in [-0.4, -0.2) is 29.5 Å². The molecule has 0 fully saturated rings. The van der Waals surface area contributed by atoms with E-state index in [0.29, 0.717) is 29.0 Å². The molecule has 0 bridgehead atoms. The third-order valence-electron chi connectivity index (χ3n) is 9.09. The Labute approximate surface area is 286 Å². The Morgan fingerprint density at radius 2 is 0.960 bits per heavy atom. The molecule has 10 aromatic rings. The fourth-order valence-corrected chi connectivity index (χ4v) is 6.74. The number of benzene rings is 6. The molecule has 7 nitrogen and oxygen atoms in total. The van der Waals surface area contributed by atoms with Crippen molar-refractivity contribution in [2.24, 2.45) is 0 Å². The molecule has 4 aromatic heterocycles. The molecule has 0 aliphatic carbocycles. The van der Waals surface area contributed by atoms with Gasteiger partial charge >= 0.3 is 0 Å². The fourth-order valence-electron chi connectivity index (χ4n) is 6.74. The van der Waals surface area contributed by atoms with Crippen molar-refractivity contribution in [2.75, 3.05) is 0 Å². The number of rotatable bonds is 5. The first-order valence-electron chi connectivity index (χ1n) is 16.4. The Morgan fingerprint density at radius 3 is 1.66 bits per heavy atom. The van der Waals surface area contributed by atoms with Crippen molar-refractivity contribution in [3.05, 3.63) is 158 Å². The van der Waals surface area contributed by atoms with Crippen molar-refractivity contribution < 1.29 is 4.42 Å². The van der Waals surface area contributed by atoms with Gasteiger partial charge in [0.2, 0.25) is 5.95 Å². The Hall–Kier alpha value is -6.99. The van der Waals surface area contributed by atoms with Gasteiger partial charge in [-0.1, -0.05) is 121 Å². The minimum absolute atomic E-state index is 0.547. The second kappa shape index (κ2) is 11.3. The van der Waals surface area contributed by atoms with Gasteiger partial charge < -0.3 is 4.42 Å². The van der Waals surface area contributed by atoms with Gasteiger partial charge in [-0.05, 0) is 36.4 Å². The van der Waals surface area contributed by atoms with Gasteiger partial charge in [-0.3, -0.25) is 4.57 Å². The van der Waals surface area contributed by atoms with Crippen LogP contribution in [0.4, 0.5) is 0 Å². The molecule has 0 aliphatic rings. The van der Waals surface area contributed by atoms with E-state index in [1.54, 1.807) is 0 Å². The van der Waals surface area contributed by atoms with Gasteiger partial charge in [0.25, 0.3) is 0 Å². The van der Waals surface area contributed by atoms with E-state index in [0.717, 1.165) is 66.2 Å². The van der Waals surface area contributed by atoms with Gasteiger partial charge in [-0.25, -0.2) is 15.0 Å². The van der Waals surface area contributed by atoms with Crippen LogP contribution >= 0.6 is 0 Å². The van der Waals surface area contributed by atoms with E-state index in [4.69, 9.17) is 29.3 Å². The summed E-state index contributed by atoms with van der Waals surface area (Å²) in [6.07, 6.45) is 0. The highest BCUT2D eigenvalue weighted by molar-refractivity contribution is 6.11. The summed E-state index contributed by atoms with van der Waals surface area (Å²) in [6.45, 7) is 0. The highest BCUT2D eigenvalue weighted by Gasteiger charge is 2.21. The van der Waals surface area contributed by atoms with E-state index in [1.807, 2.05) is 109 Å². The minimum atomic E-state index is 0.547. The number of hydrogen-bond acceptors (Lipinski definition) is 6. The van der Waals surface area contributed by atoms with Crippen LogP contribution in [0.5, 0.6) is 0 Å². The minimum Gasteiger partial charge on any atom is -0.452 e. The fraction of sp³-hybridized carbons (Fsp3) is 0. The van der Waals surface area contributed by atoms with E-state index >= 15 is 0 Å². The molecule has 0 atom stereocenters. The SMILES string of the molecule is c1ccc(-c2nc(-c3ccccc3)nc(-n3c4ccccc4c4cc(-c5nc(-c6ccccc6)c6oc7ccccc7c6n5)ccc43)n2)cc1. The molecule has 0 spiro atoms. The molecule has 7 heteroatoms. The monoisotopic (exact) mass is 642 g/mol. The van der Waals surface area contributed by atoms with Crippen molar-refractivity contribution >= 4 is 43.9 Å². The molecule has 50 heavy (non-hydrogen) atoms. The summed E-state index contributed by atoms with van der Waals surface area (Å²) in [5.41, 5.74) is 8.68. The number of furan rings is 1. The maximum atomic E-state index is 6.34. The molecular formula is C43H26N6O. The molecule has 0 aliphatic heterocycles. The number of fused-ring (bicyclic) bond motifs is 6. The molecular weight excluding hydrogens is 617 g/mol. The first-order valence-corrected chi connectivity index (χ1v) is 16.4. The van der Waals surface area contributed by atoms with Gasteiger partial charge in [0.05, 0.1) is 11.0 Å². The summed E-state index contributed by atoms with van der Waals surface area (Å²) < 4.78 is 8.47. The average molecular weight is 643 g/mol. The number of nitrogens with zero attached hydrogens (tertiary/aromatic N) is 6. The van der Waals surface area contributed by atoms with Gasteiger partial charge in [0, 0.05) is 38.4 Å². The Kier molecular flexibility index (Phi) is 6.35. The second-order valence-corrected chi connectivity index (χ2v) is 12.1. The zero-order valence-electron chi connectivity index (χ0n) is 26.6. The zero-order chi connectivity index (χ0) is 33.0. The summed E-state index contributed by atoms with van der Waals surface area (Å²) in [4.78, 5) is 25.3. The molecule has 0 saturated carbocycles. The van der Waals surface area contributed by atoms with Crippen molar-refractivity contribution in [1.29, 1.82) is 0 Å². The third kappa shape index (κ3) is 4.56. The van der Waals surface area contributed by atoms with Crippen LogP contribution in [0.2, 0.25) is 0 Å². The van der Waals surface area contributed by atoms with Gasteiger partial charge in [0.1, 0.15) is 16.8 Å². The predicted octanol–water partition coefficient (Wildman–Crippen LogP) is 10.3. The van der Waals surface area contributed by atoms with E-state index in [9.17, 15) is 0 Å². The molecule has 0 amide bonds. The van der Waals surface area contributed by atoms with E-state index in [-0.39, 0.29) is 0 Å². The molecule has 0 N–H and O–H groups in total. The average Bonchev–Trinajstić information content (AvgIpc) is 3.74. The standard InChI is InChI=1S/C43H26N6O/c1-4-14-27(15-5-1)37-39-38(32-21-11-13-23-36(32)50-39)45-42(44-37)30-24-25-35-33(26-30)31-20-10-12-22-34(31)49(35)43-47-40(28-16-6-2-7-17-28)46-41(48-43)29-18-8-3-9-19-29/h1-26H. The molecule has 234 valence electrons. The quantitative estimate of drug-likeness (QED) is 0.186. The van der Waals surface area contributed by atoms with Crippen LogP contribution in [0.15, 0.2) is 162 Å². The first kappa shape index (κ1) is 28.1. The maximum absolute atomic E-state index is 6.34. The van der Waals surface area contributed by atoms with Crippen LogP contribution < -0.4 is 0 Å². The Bertz CT molecular complexity index is 2810.